The fourth-order valence-corrected chi connectivity index (χ4v) is 1.92. The third-order valence-corrected chi connectivity index (χ3v) is 2.99. The first-order valence-electron chi connectivity index (χ1n) is 6.25. The minimum absolute atomic E-state index is 0.155. The van der Waals surface area contributed by atoms with Crippen LogP contribution >= 0.6 is 23.2 Å². The summed E-state index contributed by atoms with van der Waals surface area (Å²) in [7, 11) is 0. The summed E-state index contributed by atoms with van der Waals surface area (Å²) in [6, 6.07) is 5.04. The second-order valence-electron chi connectivity index (χ2n) is 5.36. The number of nitrogens with zero attached hydrogens (tertiary/aromatic N) is 1. The fraction of sp³-hybridized carbons (Fsp3) is 0.500. The molecule has 20 heavy (non-hydrogen) atoms. The van der Waals surface area contributed by atoms with Crippen molar-refractivity contribution >= 4 is 29.3 Å². The van der Waals surface area contributed by atoms with Gasteiger partial charge in [0.25, 0.3) is 0 Å². The number of ether oxygens (including phenoxy) is 1. The second-order valence-corrected chi connectivity index (χ2v) is 6.20. The van der Waals surface area contributed by atoms with E-state index >= 15 is 0 Å². The largest absolute Gasteiger partial charge is 0.444 e. The van der Waals surface area contributed by atoms with E-state index in [0.717, 1.165) is 0 Å². The van der Waals surface area contributed by atoms with Gasteiger partial charge in [-0.05, 0) is 44.5 Å². The van der Waals surface area contributed by atoms with Gasteiger partial charge in [0.2, 0.25) is 0 Å². The molecule has 0 bridgehead atoms. The normalized spacial score (nSPS) is 11.3. The molecule has 4 nitrogen and oxygen atoms in total. The quantitative estimate of drug-likeness (QED) is 0.920. The number of amides is 1. The van der Waals surface area contributed by atoms with Crippen LogP contribution in [0.3, 0.4) is 0 Å². The van der Waals surface area contributed by atoms with Gasteiger partial charge in [0.05, 0.1) is 13.2 Å². The highest BCUT2D eigenvalue weighted by atomic mass is 35.5. The van der Waals surface area contributed by atoms with E-state index in [4.69, 9.17) is 33.0 Å². The first kappa shape index (κ1) is 17.1. The number of carbonyl (C=O) groups excluding carboxylic acids is 1. The smallest absolute Gasteiger partial charge is 0.410 e. The summed E-state index contributed by atoms with van der Waals surface area (Å²) in [5, 5.41) is 10.1. The lowest BCUT2D eigenvalue weighted by atomic mass is 10.2. The van der Waals surface area contributed by atoms with E-state index in [1.165, 1.54) is 4.90 Å². The van der Waals surface area contributed by atoms with Crippen LogP contribution in [-0.2, 0) is 11.3 Å². The Morgan fingerprint density at radius 1 is 1.35 bits per heavy atom. The number of halogens is 2. The molecule has 1 rings (SSSR count). The van der Waals surface area contributed by atoms with E-state index in [1.54, 1.807) is 39.0 Å². The van der Waals surface area contributed by atoms with E-state index in [2.05, 4.69) is 0 Å². The molecule has 0 aliphatic rings. The molecular formula is C14H19Cl2NO3. The van der Waals surface area contributed by atoms with Crippen LogP contribution in [0.5, 0.6) is 0 Å². The molecule has 0 atom stereocenters. The fourth-order valence-electron chi connectivity index (χ4n) is 1.55. The van der Waals surface area contributed by atoms with E-state index < -0.39 is 11.7 Å². The number of benzene rings is 1. The first-order chi connectivity index (χ1) is 9.23. The lowest BCUT2D eigenvalue weighted by Gasteiger charge is -2.27. The molecule has 0 radical (unpaired) electrons. The molecule has 6 heteroatoms. The van der Waals surface area contributed by atoms with Gasteiger partial charge in [-0.3, -0.25) is 0 Å². The minimum Gasteiger partial charge on any atom is -0.444 e. The Hall–Kier alpha value is -0.970. The zero-order valence-electron chi connectivity index (χ0n) is 11.8. The Morgan fingerprint density at radius 2 is 2.00 bits per heavy atom. The van der Waals surface area contributed by atoms with Crippen molar-refractivity contribution in [3.05, 3.63) is 33.8 Å². The predicted octanol–water partition coefficient (Wildman–Crippen LogP) is 3.72. The Bertz CT molecular complexity index is 472. The van der Waals surface area contributed by atoms with Gasteiger partial charge in [0.15, 0.2) is 0 Å². The molecule has 0 aromatic heterocycles. The van der Waals surface area contributed by atoms with Gasteiger partial charge >= 0.3 is 6.09 Å². The number of aliphatic hydroxyl groups excluding tert-OH is 1. The molecule has 0 saturated carbocycles. The molecule has 0 fully saturated rings. The topological polar surface area (TPSA) is 49.8 Å². The van der Waals surface area contributed by atoms with Crippen LogP contribution in [0.15, 0.2) is 18.2 Å². The van der Waals surface area contributed by atoms with Crippen LogP contribution in [0.1, 0.15) is 26.3 Å². The second kappa shape index (κ2) is 7.16. The molecule has 112 valence electrons. The highest BCUT2D eigenvalue weighted by Gasteiger charge is 2.22. The molecule has 0 aliphatic heterocycles. The van der Waals surface area contributed by atoms with Gasteiger partial charge in [-0.2, -0.15) is 0 Å². The summed E-state index contributed by atoms with van der Waals surface area (Å²) >= 11 is 12.0. The van der Waals surface area contributed by atoms with Crippen molar-refractivity contribution < 1.29 is 14.6 Å². The molecular weight excluding hydrogens is 301 g/mol. The zero-order valence-corrected chi connectivity index (χ0v) is 13.3. The Balaban J connectivity index is 2.86. The average Bonchev–Trinajstić information content (AvgIpc) is 2.31. The van der Waals surface area contributed by atoms with Crippen LogP contribution in [-0.4, -0.2) is 34.9 Å². The number of carbonyl (C=O) groups is 1. The summed E-state index contributed by atoms with van der Waals surface area (Å²) in [6.07, 6.45) is -0.498. The molecule has 0 saturated heterocycles. The van der Waals surface area contributed by atoms with Crippen molar-refractivity contribution in [2.24, 2.45) is 0 Å². The molecule has 1 N–H and O–H groups in total. The van der Waals surface area contributed by atoms with E-state index in [-0.39, 0.29) is 19.7 Å². The number of rotatable bonds is 4. The van der Waals surface area contributed by atoms with Crippen LogP contribution in [0, 0.1) is 0 Å². The minimum atomic E-state index is -0.594. The van der Waals surface area contributed by atoms with Crippen molar-refractivity contribution in [3.63, 3.8) is 0 Å². The summed E-state index contributed by atoms with van der Waals surface area (Å²) in [6.45, 7) is 5.60. The third kappa shape index (κ3) is 5.57. The third-order valence-electron chi connectivity index (χ3n) is 2.39. The predicted molar refractivity (Wildman–Crippen MR) is 80.2 cm³/mol. The zero-order chi connectivity index (χ0) is 15.3. The van der Waals surface area contributed by atoms with Crippen molar-refractivity contribution in [1.82, 2.24) is 4.90 Å². The van der Waals surface area contributed by atoms with E-state index in [9.17, 15) is 4.79 Å². The summed E-state index contributed by atoms with van der Waals surface area (Å²) in [5.74, 6) is 0. The van der Waals surface area contributed by atoms with Crippen molar-refractivity contribution in [1.29, 1.82) is 0 Å². The standard InChI is InChI=1S/C14H19Cl2NO3/c1-14(2,3)20-13(19)17(6-7-18)9-10-8-11(15)4-5-12(10)16/h4-5,8,18H,6-7,9H2,1-3H3. The van der Waals surface area contributed by atoms with Crippen LogP contribution in [0.25, 0.3) is 0 Å². The number of hydrogen-bond acceptors (Lipinski definition) is 3. The Kier molecular flexibility index (Phi) is 6.11. The summed E-state index contributed by atoms with van der Waals surface area (Å²) in [5.41, 5.74) is 0.113. The van der Waals surface area contributed by atoms with E-state index in [1.807, 2.05) is 0 Å². The summed E-state index contributed by atoms with van der Waals surface area (Å²) in [4.78, 5) is 13.5. The molecule has 1 aromatic carbocycles. The highest BCUT2D eigenvalue weighted by molar-refractivity contribution is 6.33. The lowest BCUT2D eigenvalue weighted by molar-refractivity contribution is 0.0201. The maximum Gasteiger partial charge on any atom is 0.410 e. The number of hydrogen-bond donors (Lipinski definition) is 1. The monoisotopic (exact) mass is 319 g/mol. The van der Waals surface area contributed by atoms with Crippen molar-refractivity contribution in [2.45, 2.75) is 32.9 Å². The SMILES string of the molecule is CC(C)(C)OC(=O)N(CCO)Cc1cc(Cl)ccc1Cl. The maximum absolute atomic E-state index is 12.1. The molecule has 1 amide bonds. The highest BCUT2D eigenvalue weighted by Crippen LogP contribution is 2.22. The lowest BCUT2D eigenvalue weighted by Crippen LogP contribution is -2.38. The van der Waals surface area contributed by atoms with Gasteiger partial charge in [0.1, 0.15) is 5.60 Å². The molecule has 1 aromatic rings. The molecule has 0 unspecified atom stereocenters. The Morgan fingerprint density at radius 3 is 2.55 bits per heavy atom. The molecule has 0 aliphatic carbocycles. The average molecular weight is 320 g/mol. The van der Waals surface area contributed by atoms with Gasteiger partial charge in [0, 0.05) is 16.6 Å². The molecule has 0 spiro atoms. The summed E-state index contributed by atoms with van der Waals surface area (Å²) < 4.78 is 5.29. The van der Waals surface area contributed by atoms with Crippen LogP contribution < -0.4 is 0 Å². The van der Waals surface area contributed by atoms with Crippen molar-refractivity contribution in [2.75, 3.05) is 13.2 Å². The van der Waals surface area contributed by atoms with Gasteiger partial charge in [-0.25, -0.2) is 4.79 Å². The van der Waals surface area contributed by atoms with Crippen LogP contribution in [0.2, 0.25) is 10.0 Å². The van der Waals surface area contributed by atoms with Gasteiger partial charge in [-0.1, -0.05) is 23.2 Å². The van der Waals surface area contributed by atoms with Gasteiger partial charge in [-0.15, -0.1) is 0 Å². The number of aliphatic hydroxyl groups is 1. The van der Waals surface area contributed by atoms with E-state index in [0.29, 0.717) is 15.6 Å². The first-order valence-corrected chi connectivity index (χ1v) is 7.01. The maximum atomic E-state index is 12.1. The van der Waals surface area contributed by atoms with Crippen LogP contribution in [0.4, 0.5) is 4.79 Å². The Labute approximate surface area is 129 Å². The van der Waals surface area contributed by atoms with Crippen molar-refractivity contribution in [3.8, 4) is 0 Å². The molecule has 0 heterocycles. The van der Waals surface area contributed by atoms with Gasteiger partial charge < -0.3 is 14.7 Å².